The molecule has 1 atom stereocenters. The minimum atomic E-state index is -0.627. The van der Waals surface area contributed by atoms with Crippen LogP contribution in [0.4, 0.5) is 0 Å². The predicted molar refractivity (Wildman–Crippen MR) is 69.4 cm³/mol. The molecular weight excluding hydrogens is 248 g/mol. The van der Waals surface area contributed by atoms with E-state index in [9.17, 15) is 5.11 Å². The lowest BCUT2D eigenvalue weighted by Gasteiger charge is -2.17. The highest BCUT2D eigenvalue weighted by molar-refractivity contribution is 5.41. The van der Waals surface area contributed by atoms with E-state index in [1.807, 2.05) is 0 Å². The Kier molecular flexibility index (Phi) is 5.01. The third-order valence-corrected chi connectivity index (χ3v) is 3.16. The molecule has 5 heteroatoms. The van der Waals surface area contributed by atoms with Crippen LogP contribution in [-0.4, -0.2) is 38.8 Å². The maximum Gasteiger partial charge on any atom is 0.157 e. The Hall–Kier alpha value is -1.30. The summed E-state index contributed by atoms with van der Waals surface area (Å²) in [5.41, 5.74) is 0.722. The van der Waals surface area contributed by atoms with E-state index < -0.39 is 6.10 Å². The van der Waals surface area contributed by atoms with Crippen molar-refractivity contribution >= 4 is 0 Å². The van der Waals surface area contributed by atoms with Crippen LogP contribution in [0.3, 0.4) is 0 Å². The van der Waals surface area contributed by atoms with Crippen molar-refractivity contribution in [2.24, 2.45) is 0 Å². The molecule has 0 radical (unpaired) electrons. The van der Waals surface area contributed by atoms with Gasteiger partial charge in [-0.1, -0.05) is 0 Å². The summed E-state index contributed by atoms with van der Waals surface area (Å²) in [5.74, 6) is 1.35. The highest BCUT2D eigenvalue weighted by atomic mass is 16.7. The van der Waals surface area contributed by atoms with Crippen LogP contribution in [-0.2, 0) is 9.47 Å². The van der Waals surface area contributed by atoms with Crippen molar-refractivity contribution in [3.05, 3.63) is 23.8 Å². The quantitative estimate of drug-likeness (QED) is 0.853. The van der Waals surface area contributed by atoms with Gasteiger partial charge < -0.3 is 24.1 Å². The Labute approximate surface area is 113 Å². The van der Waals surface area contributed by atoms with Gasteiger partial charge in [-0.25, -0.2) is 0 Å². The van der Waals surface area contributed by atoms with Gasteiger partial charge in [-0.05, 0) is 24.6 Å². The van der Waals surface area contributed by atoms with E-state index in [4.69, 9.17) is 18.9 Å². The maximum absolute atomic E-state index is 10.3. The molecule has 1 fully saturated rings. The Morgan fingerprint density at radius 2 is 2.00 bits per heavy atom. The molecule has 0 spiro atoms. The molecule has 19 heavy (non-hydrogen) atoms. The first kappa shape index (κ1) is 14.1. The molecule has 0 saturated carbocycles. The summed E-state index contributed by atoms with van der Waals surface area (Å²) in [6.45, 7) is 1.26. The molecular formula is C14H20O5. The lowest BCUT2D eigenvalue weighted by atomic mass is 10.0. The summed E-state index contributed by atoms with van der Waals surface area (Å²) < 4.78 is 21.1. The van der Waals surface area contributed by atoms with Crippen LogP contribution in [0.5, 0.6) is 11.5 Å². The molecule has 0 aromatic heterocycles. The molecule has 1 aliphatic heterocycles. The molecule has 1 aromatic rings. The van der Waals surface area contributed by atoms with Crippen molar-refractivity contribution in [2.45, 2.75) is 25.2 Å². The van der Waals surface area contributed by atoms with E-state index in [2.05, 4.69) is 0 Å². The first-order chi connectivity index (χ1) is 9.24. The van der Waals surface area contributed by atoms with E-state index in [0.717, 1.165) is 5.56 Å². The van der Waals surface area contributed by atoms with E-state index >= 15 is 0 Å². The number of methoxy groups -OCH3 is 2. The fraction of sp³-hybridized carbons (Fsp3) is 0.571. The van der Waals surface area contributed by atoms with E-state index in [-0.39, 0.29) is 6.29 Å². The summed E-state index contributed by atoms with van der Waals surface area (Å²) >= 11 is 0. The Morgan fingerprint density at radius 1 is 1.26 bits per heavy atom. The second kappa shape index (κ2) is 6.75. The monoisotopic (exact) mass is 268 g/mol. The van der Waals surface area contributed by atoms with Gasteiger partial charge in [0.15, 0.2) is 6.29 Å². The molecule has 0 bridgehead atoms. The molecule has 2 rings (SSSR count). The average Bonchev–Trinajstić information content (AvgIpc) is 2.97. The number of hydrogen-bond donors (Lipinski definition) is 1. The topological polar surface area (TPSA) is 57.2 Å². The lowest BCUT2D eigenvalue weighted by molar-refractivity contribution is -0.0542. The van der Waals surface area contributed by atoms with Gasteiger partial charge in [-0.3, -0.25) is 0 Å². The molecule has 1 aliphatic rings. The molecule has 1 unspecified atom stereocenters. The van der Waals surface area contributed by atoms with Gasteiger partial charge in [0, 0.05) is 12.0 Å². The maximum atomic E-state index is 10.3. The first-order valence-corrected chi connectivity index (χ1v) is 6.37. The van der Waals surface area contributed by atoms with Crippen molar-refractivity contribution in [1.82, 2.24) is 0 Å². The Bertz CT molecular complexity index is 401. The third kappa shape index (κ3) is 3.59. The van der Waals surface area contributed by atoms with Crippen molar-refractivity contribution < 1.29 is 24.1 Å². The normalized spacial score (nSPS) is 17.4. The number of aliphatic hydroxyl groups is 1. The van der Waals surface area contributed by atoms with Crippen LogP contribution in [0.15, 0.2) is 18.2 Å². The number of rotatable bonds is 6. The van der Waals surface area contributed by atoms with Gasteiger partial charge in [0.1, 0.15) is 11.5 Å². The van der Waals surface area contributed by atoms with Gasteiger partial charge in [0.25, 0.3) is 0 Å². The minimum Gasteiger partial charge on any atom is -0.497 e. The standard InChI is InChI=1S/C14H20O5/c1-16-10-3-5-13(17-2)11(9-10)12(15)4-6-14-18-7-8-19-14/h3,5,9,12,14-15H,4,6-8H2,1-2H3. The summed E-state index contributed by atoms with van der Waals surface area (Å²) in [4.78, 5) is 0. The van der Waals surface area contributed by atoms with Gasteiger partial charge in [-0.15, -0.1) is 0 Å². The second-order valence-corrected chi connectivity index (χ2v) is 4.37. The summed E-state index contributed by atoms with van der Waals surface area (Å²) in [7, 11) is 3.18. The van der Waals surface area contributed by atoms with Crippen LogP contribution < -0.4 is 9.47 Å². The first-order valence-electron chi connectivity index (χ1n) is 6.37. The van der Waals surface area contributed by atoms with E-state index in [1.165, 1.54) is 0 Å². The number of benzene rings is 1. The van der Waals surface area contributed by atoms with Crippen LogP contribution in [0, 0.1) is 0 Å². The molecule has 1 saturated heterocycles. The smallest absolute Gasteiger partial charge is 0.157 e. The highest BCUT2D eigenvalue weighted by Crippen LogP contribution is 2.32. The average molecular weight is 268 g/mol. The minimum absolute atomic E-state index is 0.203. The Morgan fingerprint density at radius 3 is 2.63 bits per heavy atom. The van der Waals surface area contributed by atoms with Gasteiger partial charge in [0.2, 0.25) is 0 Å². The van der Waals surface area contributed by atoms with E-state index in [0.29, 0.717) is 37.6 Å². The molecule has 1 N–H and O–H groups in total. The van der Waals surface area contributed by atoms with Crippen LogP contribution in [0.1, 0.15) is 24.5 Å². The largest absolute Gasteiger partial charge is 0.497 e. The van der Waals surface area contributed by atoms with Crippen molar-refractivity contribution in [3.8, 4) is 11.5 Å². The van der Waals surface area contributed by atoms with Gasteiger partial charge in [0.05, 0.1) is 33.5 Å². The van der Waals surface area contributed by atoms with Crippen molar-refractivity contribution in [1.29, 1.82) is 0 Å². The predicted octanol–water partition coefficient (Wildman–Crippen LogP) is 1.89. The number of hydrogen-bond acceptors (Lipinski definition) is 5. The van der Waals surface area contributed by atoms with Crippen LogP contribution >= 0.6 is 0 Å². The zero-order valence-corrected chi connectivity index (χ0v) is 11.3. The van der Waals surface area contributed by atoms with Crippen LogP contribution in [0.25, 0.3) is 0 Å². The Balaban J connectivity index is 2.01. The molecule has 106 valence electrons. The van der Waals surface area contributed by atoms with E-state index in [1.54, 1.807) is 32.4 Å². The summed E-state index contributed by atoms with van der Waals surface area (Å²) in [6.07, 6.45) is 0.375. The third-order valence-electron chi connectivity index (χ3n) is 3.16. The lowest BCUT2D eigenvalue weighted by Crippen LogP contribution is -2.10. The zero-order chi connectivity index (χ0) is 13.7. The zero-order valence-electron chi connectivity index (χ0n) is 11.3. The van der Waals surface area contributed by atoms with Crippen molar-refractivity contribution in [3.63, 3.8) is 0 Å². The molecule has 1 aromatic carbocycles. The fourth-order valence-electron chi connectivity index (χ4n) is 2.12. The van der Waals surface area contributed by atoms with Crippen LogP contribution in [0.2, 0.25) is 0 Å². The highest BCUT2D eigenvalue weighted by Gasteiger charge is 2.20. The summed E-state index contributed by atoms with van der Waals surface area (Å²) in [5, 5.41) is 10.3. The second-order valence-electron chi connectivity index (χ2n) is 4.37. The number of aliphatic hydroxyl groups excluding tert-OH is 1. The fourth-order valence-corrected chi connectivity index (χ4v) is 2.12. The molecule has 0 aliphatic carbocycles. The summed E-state index contributed by atoms with van der Waals surface area (Å²) in [6, 6.07) is 5.39. The SMILES string of the molecule is COc1ccc(OC)c(C(O)CCC2OCCO2)c1. The molecule has 0 amide bonds. The molecule has 1 heterocycles. The van der Waals surface area contributed by atoms with Gasteiger partial charge >= 0.3 is 0 Å². The molecule has 5 nitrogen and oxygen atoms in total. The van der Waals surface area contributed by atoms with Gasteiger partial charge in [-0.2, -0.15) is 0 Å². The number of ether oxygens (including phenoxy) is 4. The van der Waals surface area contributed by atoms with Crippen molar-refractivity contribution in [2.75, 3.05) is 27.4 Å².